The molecule has 2 atom stereocenters. The van der Waals surface area contributed by atoms with Gasteiger partial charge < -0.3 is 14.9 Å². The first-order valence-corrected chi connectivity index (χ1v) is 8.28. The number of rotatable bonds is 5. The number of hydrogen-bond acceptors (Lipinski definition) is 3. The summed E-state index contributed by atoms with van der Waals surface area (Å²) >= 11 is 0. The van der Waals surface area contributed by atoms with Crippen molar-refractivity contribution in [2.24, 2.45) is 17.8 Å². The van der Waals surface area contributed by atoms with Crippen molar-refractivity contribution in [2.75, 3.05) is 26.7 Å². The summed E-state index contributed by atoms with van der Waals surface area (Å²) < 4.78 is 0. The molecule has 1 N–H and O–H groups in total. The van der Waals surface area contributed by atoms with Gasteiger partial charge in [-0.2, -0.15) is 0 Å². The smallest absolute Gasteiger partial charge is 0.227 e. The summed E-state index contributed by atoms with van der Waals surface area (Å²) in [5.74, 6) is 0.863. The van der Waals surface area contributed by atoms with Gasteiger partial charge in [0.05, 0.1) is 12.0 Å². The highest BCUT2D eigenvalue weighted by Crippen LogP contribution is 2.34. The van der Waals surface area contributed by atoms with Crippen molar-refractivity contribution >= 4 is 11.8 Å². The Morgan fingerprint density at radius 3 is 2.52 bits per heavy atom. The van der Waals surface area contributed by atoms with Gasteiger partial charge in [-0.15, -0.1) is 0 Å². The standard InChI is InChI=1S/C16H26N2O3/c1-17(10-14(19)11-4-5-11)15(20)13-3-2-8-18(9-13)16(21)12-6-7-12/h11-14,19H,2-10H2,1H3. The Morgan fingerprint density at radius 2 is 1.90 bits per heavy atom. The van der Waals surface area contributed by atoms with Crippen molar-refractivity contribution in [3.8, 4) is 0 Å². The molecule has 0 spiro atoms. The Bertz CT molecular complexity index is 418. The molecule has 0 aromatic carbocycles. The van der Waals surface area contributed by atoms with Crippen LogP contribution in [-0.2, 0) is 9.59 Å². The third-order valence-corrected chi connectivity index (χ3v) is 5.01. The Hall–Kier alpha value is -1.10. The third kappa shape index (κ3) is 3.57. The van der Waals surface area contributed by atoms with Gasteiger partial charge in [0.2, 0.25) is 11.8 Å². The molecule has 1 heterocycles. The van der Waals surface area contributed by atoms with Gasteiger partial charge in [-0.05, 0) is 44.4 Å². The summed E-state index contributed by atoms with van der Waals surface area (Å²) in [6.07, 6.45) is 5.58. The van der Waals surface area contributed by atoms with Crippen LogP contribution >= 0.6 is 0 Å². The molecule has 0 bridgehead atoms. The lowest BCUT2D eigenvalue weighted by Gasteiger charge is -2.34. The monoisotopic (exact) mass is 294 g/mol. The second kappa shape index (κ2) is 5.95. The highest BCUT2D eigenvalue weighted by Gasteiger charge is 2.38. The van der Waals surface area contributed by atoms with E-state index in [1.807, 2.05) is 4.90 Å². The number of aliphatic hydroxyl groups is 1. The number of likely N-dealkylation sites (N-methyl/N-ethyl adjacent to an activating group) is 1. The van der Waals surface area contributed by atoms with E-state index in [9.17, 15) is 14.7 Å². The minimum atomic E-state index is -0.383. The predicted molar refractivity (Wildman–Crippen MR) is 78.4 cm³/mol. The van der Waals surface area contributed by atoms with E-state index in [2.05, 4.69) is 0 Å². The highest BCUT2D eigenvalue weighted by atomic mass is 16.3. The summed E-state index contributed by atoms with van der Waals surface area (Å²) in [6.45, 7) is 1.79. The van der Waals surface area contributed by atoms with Crippen LogP contribution in [0.25, 0.3) is 0 Å². The molecular formula is C16H26N2O3. The van der Waals surface area contributed by atoms with Crippen molar-refractivity contribution in [2.45, 2.75) is 44.6 Å². The Morgan fingerprint density at radius 1 is 1.19 bits per heavy atom. The summed E-state index contributed by atoms with van der Waals surface area (Å²) in [5, 5.41) is 9.97. The zero-order valence-corrected chi connectivity index (χ0v) is 12.8. The fraction of sp³-hybridized carbons (Fsp3) is 0.875. The third-order valence-electron chi connectivity index (χ3n) is 5.01. The van der Waals surface area contributed by atoms with E-state index in [0.717, 1.165) is 45.1 Å². The number of carbonyl (C=O) groups is 2. The van der Waals surface area contributed by atoms with Crippen molar-refractivity contribution in [1.29, 1.82) is 0 Å². The molecule has 2 aliphatic carbocycles. The molecule has 1 aliphatic heterocycles. The Kier molecular flexibility index (Phi) is 4.20. The Labute approximate surface area is 126 Å². The second-order valence-corrected chi connectivity index (χ2v) is 7.02. The van der Waals surface area contributed by atoms with Crippen LogP contribution < -0.4 is 0 Å². The fourth-order valence-corrected chi connectivity index (χ4v) is 3.28. The first kappa shape index (κ1) is 14.8. The molecule has 3 fully saturated rings. The molecule has 0 aromatic rings. The van der Waals surface area contributed by atoms with E-state index < -0.39 is 0 Å². The number of piperidine rings is 1. The number of aliphatic hydroxyl groups excluding tert-OH is 1. The number of likely N-dealkylation sites (tertiary alicyclic amines) is 1. The topological polar surface area (TPSA) is 60.9 Å². The normalized spacial score (nSPS) is 27.3. The lowest BCUT2D eigenvalue weighted by Crippen LogP contribution is -2.47. The SMILES string of the molecule is CN(CC(O)C1CC1)C(=O)C1CCCN(C(=O)C2CC2)C1. The molecule has 21 heavy (non-hydrogen) atoms. The second-order valence-electron chi connectivity index (χ2n) is 7.02. The van der Waals surface area contributed by atoms with Gasteiger partial charge in [-0.3, -0.25) is 9.59 Å². The molecule has 3 rings (SSSR count). The summed E-state index contributed by atoms with van der Waals surface area (Å²) in [4.78, 5) is 28.2. The largest absolute Gasteiger partial charge is 0.391 e. The maximum Gasteiger partial charge on any atom is 0.227 e. The number of nitrogens with zero attached hydrogens (tertiary/aromatic N) is 2. The first-order valence-electron chi connectivity index (χ1n) is 8.28. The van der Waals surface area contributed by atoms with E-state index in [4.69, 9.17) is 0 Å². The number of hydrogen-bond donors (Lipinski definition) is 1. The lowest BCUT2D eigenvalue weighted by atomic mass is 9.96. The Balaban J connectivity index is 1.51. The molecule has 5 heteroatoms. The van der Waals surface area contributed by atoms with Gasteiger partial charge in [0.1, 0.15) is 0 Å². The van der Waals surface area contributed by atoms with Gasteiger partial charge in [-0.25, -0.2) is 0 Å². The zero-order chi connectivity index (χ0) is 15.0. The highest BCUT2D eigenvalue weighted by molar-refractivity contribution is 5.83. The molecule has 118 valence electrons. The van der Waals surface area contributed by atoms with Crippen molar-refractivity contribution < 1.29 is 14.7 Å². The molecule has 5 nitrogen and oxygen atoms in total. The molecule has 1 saturated heterocycles. The van der Waals surface area contributed by atoms with Crippen molar-refractivity contribution in [1.82, 2.24) is 9.80 Å². The van der Waals surface area contributed by atoms with Gasteiger partial charge in [0.15, 0.2) is 0 Å². The van der Waals surface area contributed by atoms with Crippen molar-refractivity contribution in [3.05, 3.63) is 0 Å². The van der Waals surface area contributed by atoms with Crippen LogP contribution in [0.4, 0.5) is 0 Å². The molecule has 0 aromatic heterocycles. The van der Waals surface area contributed by atoms with Crippen LogP contribution in [0.15, 0.2) is 0 Å². The van der Waals surface area contributed by atoms with E-state index in [1.165, 1.54) is 0 Å². The maximum atomic E-state index is 12.5. The molecular weight excluding hydrogens is 268 g/mol. The van der Waals surface area contributed by atoms with Crippen LogP contribution in [0.5, 0.6) is 0 Å². The van der Waals surface area contributed by atoms with Crippen LogP contribution in [0, 0.1) is 17.8 Å². The molecule has 2 amide bonds. The van der Waals surface area contributed by atoms with Crippen LogP contribution in [-0.4, -0.2) is 59.5 Å². The maximum absolute atomic E-state index is 12.5. The van der Waals surface area contributed by atoms with E-state index >= 15 is 0 Å². The zero-order valence-electron chi connectivity index (χ0n) is 12.8. The minimum absolute atomic E-state index is 0.0853. The van der Waals surface area contributed by atoms with E-state index in [1.54, 1.807) is 11.9 Å². The van der Waals surface area contributed by atoms with Gasteiger partial charge in [-0.1, -0.05) is 0 Å². The fourth-order valence-electron chi connectivity index (χ4n) is 3.28. The lowest BCUT2D eigenvalue weighted by molar-refractivity contribution is -0.141. The average molecular weight is 294 g/mol. The van der Waals surface area contributed by atoms with Gasteiger partial charge in [0, 0.05) is 32.6 Å². The molecule has 2 saturated carbocycles. The van der Waals surface area contributed by atoms with Gasteiger partial charge in [0.25, 0.3) is 0 Å². The molecule has 3 aliphatic rings. The van der Waals surface area contributed by atoms with E-state index in [-0.39, 0.29) is 29.8 Å². The number of amides is 2. The molecule has 2 unspecified atom stereocenters. The van der Waals surface area contributed by atoms with Crippen LogP contribution in [0.1, 0.15) is 38.5 Å². The van der Waals surface area contributed by atoms with E-state index in [0.29, 0.717) is 19.0 Å². The minimum Gasteiger partial charge on any atom is -0.391 e. The number of carbonyl (C=O) groups excluding carboxylic acids is 2. The quantitative estimate of drug-likeness (QED) is 0.818. The molecule has 0 radical (unpaired) electrons. The summed E-state index contributed by atoms with van der Waals surface area (Å²) in [7, 11) is 1.77. The average Bonchev–Trinajstić information content (AvgIpc) is 3.37. The van der Waals surface area contributed by atoms with Crippen molar-refractivity contribution in [3.63, 3.8) is 0 Å². The first-order chi connectivity index (χ1) is 10.1. The summed E-state index contributed by atoms with van der Waals surface area (Å²) in [6, 6.07) is 0. The van der Waals surface area contributed by atoms with Gasteiger partial charge >= 0.3 is 0 Å². The summed E-state index contributed by atoms with van der Waals surface area (Å²) in [5.41, 5.74) is 0. The van der Waals surface area contributed by atoms with Crippen LogP contribution in [0.2, 0.25) is 0 Å². The predicted octanol–water partition coefficient (Wildman–Crippen LogP) is 0.864. The van der Waals surface area contributed by atoms with Crippen LogP contribution in [0.3, 0.4) is 0 Å².